The van der Waals surface area contributed by atoms with Gasteiger partial charge < -0.3 is 11.2 Å². The molecule has 1 amide bonds. The van der Waals surface area contributed by atoms with E-state index in [-0.39, 0.29) is 11.7 Å². The molecule has 150 valence electrons. The lowest BCUT2D eigenvalue weighted by atomic mass is 9.86. The number of anilines is 1. The number of thioether (sulfide) groups is 1. The normalized spacial score (nSPS) is 16.9. The van der Waals surface area contributed by atoms with Crippen LogP contribution in [0.5, 0.6) is 0 Å². The van der Waals surface area contributed by atoms with Crippen molar-refractivity contribution >= 4 is 23.4 Å². The van der Waals surface area contributed by atoms with Crippen LogP contribution in [0.25, 0.3) is 0 Å². The Bertz CT molecular complexity index is 828. The van der Waals surface area contributed by atoms with E-state index in [0.717, 1.165) is 43.1 Å². The number of nitrogens with two attached hydrogens (primary N) is 1. The Kier molecular flexibility index (Phi) is 6.20. The maximum absolute atomic E-state index is 12.3. The third-order valence-corrected chi connectivity index (χ3v) is 6.89. The van der Waals surface area contributed by atoms with Crippen LogP contribution in [0.1, 0.15) is 61.9 Å². The second kappa shape index (κ2) is 8.99. The third-order valence-electron chi connectivity index (χ3n) is 5.95. The van der Waals surface area contributed by atoms with Gasteiger partial charge in [-0.3, -0.25) is 4.79 Å². The molecule has 4 rings (SSSR count). The zero-order valence-corrected chi connectivity index (χ0v) is 17.1. The van der Waals surface area contributed by atoms with Crippen LogP contribution < -0.4 is 11.2 Å². The number of nitrogens with one attached hydrogen (secondary N) is 1. The lowest BCUT2D eigenvalue weighted by molar-refractivity contribution is -0.113. The molecule has 28 heavy (non-hydrogen) atoms. The first kappa shape index (κ1) is 19.3. The number of aryl methyl sites for hydroxylation is 3. The highest BCUT2D eigenvalue weighted by Gasteiger charge is 2.17. The SMILES string of the molecule is Nn1c(CCC2CCCCC2)nnc1SCC(=O)Nc1ccc2c(c1)CCC2. The number of rotatable bonds is 7. The number of benzene rings is 1. The van der Waals surface area contributed by atoms with Gasteiger partial charge in [0.1, 0.15) is 0 Å². The molecule has 0 unspecified atom stereocenters. The molecule has 7 heteroatoms. The molecule has 0 radical (unpaired) electrons. The van der Waals surface area contributed by atoms with E-state index in [9.17, 15) is 4.79 Å². The number of nitrogens with zero attached hydrogens (tertiary/aromatic N) is 3. The molecule has 0 spiro atoms. The molecule has 0 atom stereocenters. The highest BCUT2D eigenvalue weighted by molar-refractivity contribution is 7.99. The molecule has 1 aromatic carbocycles. The van der Waals surface area contributed by atoms with Crippen LogP contribution >= 0.6 is 11.8 Å². The Morgan fingerprint density at radius 1 is 1.14 bits per heavy atom. The molecule has 6 nitrogen and oxygen atoms in total. The van der Waals surface area contributed by atoms with Crippen LogP contribution in [-0.2, 0) is 24.1 Å². The fraction of sp³-hybridized carbons (Fsp3) is 0.571. The molecule has 0 bridgehead atoms. The number of carbonyl (C=O) groups excluding carboxylic acids is 1. The fourth-order valence-corrected chi connectivity index (χ4v) is 5.04. The van der Waals surface area contributed by atoms with Crippen molar-refractivity contribution in [3.8, 4) is 0 Å². The summed E-state index contributed by atoms with van der Waals surface area (Å²) in [5.74, 6) is 7.99. The molecule has 0 saturated heterocycles. The molecular weight excluding hydrogens is 370 g/mol. The average Bonchev–Trinajstić information content (AvgIpc) is 3.32. The number of fused-ring (bicyclic) bond motifs is 1. The Labute approximate surface area is 170 Å². The number of nitrogen functional groups attached to an aromatic ring is 1. The van der Waals surface area contributed by atoms with Crippen LogP contribution in [-0.4, -0.2) is 26.5 Å². The predicted octanol–water partition coefficient (Wildman–Crippen LogP) is 3.72. The molecule has 2 aromatic rings. The van der Waals surface area contributed by atoms with Crippen molar-refractivity contribution in [1.82, 2.24) is 14.9 Å². The summed E-state index contributed by atoms with van der Waals surface area (Å²) in [7, 11) is 0. The molecule has 2 aliphatic carbocycles. The van der Waals surface area contributed by atoms with E-state index in [1.165, 1.54) is 61.4 Å². The number of hydrogen-bond acceptors (Lipinski definition) is 5. The van der Waals surface area contributed by atoms with Gasteiger partial charge in [0.05, 0.1) is 5.75 Å². The summed E-state index contributed by atoms with van der Waals surface area (Å²) in [5.41, 5.74) is 3.63. The lowest BCUT2D eigenvalue weighted by Gasteiger charge is -2.20. The van der Waals surface area contributed by atoms with E-state index in [1.807, 2.05) is 6.07 Å². The van der Waals surface area contributed by atoms with E-state index in [4.69, 9.17) is 5.84 Å². The molecule has 1 saturated carbocycles. The number of carbonyl (C=O) groups is 1. The highest BCUT2D eigenvalue weighted by atomic mass is 32.2. The summed E-state index contributed by atoms with van der Waals surface area (Å²) in [5, 5.41) is 12.0. The zero-order valence-electron chi connectivity index (χ0n) is 16.3. The van der Waals surface area contributed by atoms with Crippen LogP contribution in [0.15, 0.2) is 23.4 Å². The summed E-state index contributed by atoms with van der Waals surface area (Å²) in [6.07, 6.45) is 12.2. The van der Waals surface area contributed by atoms with Crippen molar-refractivity contribution in [1.29, 1.82) is 0 Å². The second-order valence-corrected chi connectivity index (χ2v) is 8.93. The van der Waals surface area contributed by atoms with Crippen molar-refractivity contribution in [2.75, 3.05) is 16.9 Å². The quantitative estimate of drug-likeness (QED) is 0.547. The van der Waals surface area contributed by atoms with Gasteiger partial charge in [0.2, 0.25) is 11.1 Å². The molecule has 1 aromatic heterocycles. The van der Waals surface area contributed by atoms with Crippen LogP contribution in [0.4, 0.5) is 5.69 Å². The Balaban J connectivity index is 1.26. The first-order valence-corrected chi connectivity index (χ1v) is 11.4. The van der Waals surface area contributed by atoms with E-state index in [0.29, 0.717) is 5.16 Å². The topological polar surface area (TPSA) is 85.8 Å². The fourth-order valence-electron chi connectivity index (χ4n) is 4.36. The minimum Gasteiger partial charge on any atom is -0.336 e. The van der Waals surface area contributed by atoms with E-state index < -0.39 is 0 Å². The van der Waals surface area contributed by atoms with Gasteiger partial charge in [0.15, 0.2) is 5.82 Å². The van der Waals surface area contributed by atoms with Gasteiger partial charge in [-0.15, -0.1) is 10.2 Å². The average molecular weight is 400 g/mol. The van der Waals surface area contributed by atoms with Crippen molar-refractivity contribution in [3.63, 3.8) is 0 Å². The largest absolute Gasteiger partial charge is 0.336 e. The summed E-state index contributed by atoms with van der Waals surface area (Å²) in [6.45, 7) is 0. The second-order valence-electron chi connectivity index (χ2n) is 7.99. The number of amides is 1. The summed E-state index contributed by atoms with van der Waals surface area (Å²) in [6, 6.07) is 6.21. The van der Waals surface area contributed by atoms with E-state index >= 15 is 0 Å². The van der Waals surface area contributed by atoms with E-state index in [1.54, 1.807) is 4.68 Å². The molecule has 1 heterocycles. The Hall–Kier alpha value is -2.02. The van der Waals surface area contributed by atoms with Gasteiger partial charge >= 0.3 is 0 Å². The summed E-state index contributed by atoms with van der Waals surface area (Å²) < 4.78 is 1.55. The molecule has 1 fully saturated rings. The Morgan fingerprint density at radius 2 is 1.96 bits per heavy atom. The first-order chi connectivity index (χ1) is 13.7. The summed E-state index contributed by atoms with van der Waals surface area (Å²) >= 11 is 1.33. The van der Waals surface area contributed by atoms with Crippen LogP contribution in [0, 0.1) is 5.92 Å². The molecule has 2 aliphatic rings. The maximum atomic E-state index is 12.3. The van der Waals surface area contributed by atoms with Crippen molar-refractivity contribution in [2.45, 2.75) is 69.4 Å². The van der Waals surface area contributed by atoms with Gasteiger partial charge in [0.25, 0.3) is 0 Å². The highest BCUT2D eigenvalue weighted by Crippen LogP contribution is 2.28. The summed E-state index contributed by atoms with van der Waals surface area (Å²) in [4.78, 5) is 12.3. The van der Waals surface area contributed by atoms with Crippen molar-refractivity contribution < 1.29 is 4.79 Å². The number of hydrogen-bond donors (Lipinski definition) is 2. The van der Waals surface area contributed by atoms with Gasteiger partial charge in [0, 0.05) is 12.1 Å². The minimum atomic E-state index is -0.0466. The maximum Gasteiger partial charge on any atom is 0.234 e. The van der Waals surface area contributed by atoms with E-state index in [2.05, 4.69) is 27.6 Å². The first-order valence-electron chi connectivity index (χ1n) is 10.4. The van der Waals surface area contributed by atoms with Crippen molar-refractivity contribution in [2.24, 2.45) is 5.92 Å². The van der Waals surface area contributed by atoms with Crippen molar-refractivity contribution in [3.05, 3.63) is 35.2 Å². The third kappa shape index (κ3) is 4.69. The number of aromatic nitrogens is 3. The van der Waals surface area contributed by atoms with Crippen LogP contribution in [0.2, 0.25) is 0 Å². The Morgan fingerprint density at radius 3 is 2.82 bits per heavy atom. The molecular formula is C21H29N5OS. The minimum absolute atomic E-state index is 0.0466. The lowest BCUT2D eigenvalue weighted by Crippen LogP contribution is -2.18. The standard InChI is InChI=1S/C21H29N5OS/c22-26-19(12-9-15-5-2-1-3-6-15)24-25-21(26)28-14-20(27)23-18-11-10-16-7-4-8-17(16)13-18/h10-11,13,15H,1-9,12,14,22H2,(H,23,27). The monoisotopic (exact) mass is 399 g/mol. The van der Waals surface area contributed by atoms with Gasteiger partial charge in [-0.2, -0.15) is 0 Å². The predicted molar refractivity (Wildman–Crippen MR) is 113 cm³/mol. The van der Waals surface area contributed by atoms with Gasteiger partial charge in [-0.25, -0.2) is 4.68 Å². The smallest absolute Gasteiger partial charge is 0.234 e. The van der Waals surface area contributed by atoms with Gasteiger partial charge in [-0.05, 0) is 54.9 Å². The zero-order chi connectivity index (χ0) is 19.3. The van der Waals surface area contributed by atoms with Crippen LogP contribution in [0.3, 0.4) is 0 Å². The van der Waals surface area contributed by atoms with Gasteiger partial charge in [-0.1, -0.05) is 49.9 Å². The molecule has 3 N–H and O–H groups in total. The molecule has 0 aliphatic heterocycles.